The number of ketones is 1. The van der Waals surface area contributed by atoms with Gasteiger partial charge in [-0.15, -0.1) is 0 Å². The normalized spacial score (nSPS) is 16.5. The van der Waals surface area contributed by atoms with Crippen LogP contribution in [-0.2, 0) is 34.4 Å². The van der Waals surface area contributed by atoms with Crippen molar-refractivity contribution >= 4 is 37.6 Å². The Labute approximate surface area is 235 Å². The van der Waals surface area contributed by atoms with Crippen LogP contribution in [0.3, 0.4) is 0 Å². The summed E-state index contributed by atoms with van der Waals surface area (Å²) in [5.74, 6) is -4.76. The van der Waals surface area contributed by atoms with E-state index in [9.17, 15) is 31.2 Å². The van der Waals surface area contributed by atoms with Crippen LogP contribution < -0.4 is 4.74 Å². The lowest BCUT2D eigenvalue weighted by molar-refractivity contribution is -0.150. The number of hydrogen-bond acceptors (Lipinski definition) is 8. The lowest BCUT2D eigenvalue weighted by Gasteiger charge is -2.27. The first-order valence-corrected chi connectivity index (χ1v) is 16.3. The molecule has 2 aliphatic carbocycles. The third-order valence-corrected chi connectivity index (χ3v) is 11.1. The monoisotopic (exact) mass is 590 g/mol. The van der Waals surface area contributed by atoms with Crippen LogP contribution in [-0.4, -0.2) is 63.2 Å². The van der Waals surface area contributed by atoms with Gasteiger partial charge in [0.05, 0.1) is 16.9 Å². The van der Waals surface area contributed by atoms with Gasteiger partial charge in [0.15, 0.2) is 0 Å². The molecule has 2 aromatic carbocycles. The van der Waals surface area contributed by atoms with Crippen LogP contribution in [0.15, 0.2) is 64.4 Å². The zero-order valence-corrected chi connectivity index (χ0v) is 24.0. The number of sulfonamides is 2. The Hall–Kier alpha value is -3.25. The molecule has 0 heterocycles. The molecule has 40 heavy (non-hydrogen) atoms. The molecule has 216 valence electrons. The van der Waals surface area contributed by atoms with E-state index in [4.69, 9.17) is 4.74 Å². The SMILES string of the molecule is COc1ccc(S(=O)(=O)N(CC2CCCC2)C(=O)C(=O)C(=O)N(CC2CCCC2)S(=O)(=O)c2ccccc2)cc1. The maximum atomic E-state index is 13.6. The third-order valence-electron chi connectivity index (χ3n) is 7.62. The fourth-order valence-corrected chi connectivity index (χ4v) is 8.25. The molecule has 0 aromatic heterocycles. The molecule has 10 nitrogen and oxygen atoms in total. The molecule has 2 saturated carbocycles. The lowest BCUT2D eigenvalue weighted by Crippen LogP contribution is -2.51. The van der Waals surface area contributed by atoms with Crippen LogP contribution in [0.4, 0.5) is 0 Å². The Kier molecular flexibility index (Phi) is 9.29. The molecule has 2 aromatic rings. The summed E-state index contributed by atoms with van der Waals surface area (Å²) in [5.41, 5.74) is 0. The van der Waals surface area contributed by atoms with Crippen molar-refractivity contribution in [2.75, 3.05) is 20.2 Å². The van der Waals surface area contributed by atoms with Crippen LogP contribution >= 0.6 is 0 Å². The minimum atomic E-state index is -4.54. The number of hydrogen-bond donors (Lipinski definition) is 0. The number of benzene rings is 2. The van der Waals surface area contributed by atoms with Crippen LogP contribution in [0, 0.1) is 11.8 Å². The van der Waals surface area contributed by atoms with Gasteiger partial charge < -0.3 is 4.74 Å². The molecule has 4 rings (SSSR count). The Morgan fingerprint density at radius 2 is 1.07 bits per heavy atom. The van der Waals surface area contributed by atoms with Crippen molar-refractivity contribution in [2.24, 2.45) is 11.8 Å². The highest BCUT2D eigenvalue weighted by Crippen LogP contribution is 2.30. The maximum Gasteiger partial charge on any atom is 0.314 e. The Morgan fingerprint density at radius 3 is 1.48 bits per heavy atom. The quantitative estimate of drug-likeness (QED) is 0.287. The number of carbonyl (C=O) groups is 3. The molecule has 0 unspecified atom stereocenters. The molecular weight excluding hydrogens is 556 g/mol. The second-order valence-electron chi connectivity index (χ2n) is 10.3. The van der Waals surface area contributed by atoms with Crippen molar-refractivity contribution in [1.82, 2.24) is 8.61 Å². The number of rotatable bonds is 11. The first kappa shape index (κ1) is 29.7. The zero-order chi connectivity index (χ0) is 28.9. The Bertz CT molecular complexity index is 1430. The van der Waals surface area contributed by atoms with Crippen molar-refractivity contribution in [3.8, 4) is 5.75 Å². The maximum absolute atomic E-state index is 13.6. The fraction of sp³-hybridized carbons (Fsp3) is 0.464. The van der Waals surface area contributed by atoms with Crippen molar-refractivity contribution in [2.45, 2.75) is 61.2 Å². The highest BCUT2D eigenvalue weighted by atomic mass is 32.2. The number of nitrogens with zero attached hydrogens (tertiary/aromatic N) is 2. The average Bonchev–Trinajstić information content (AvgIpc) is 3.68. The second kappa shape index (κ2) is 12.5. The molecule has 0 aliphatic heterocycles. The van der Waals surface area contributed by atoms with E-state index in [1.807, 2.05) is 0 Å². The van der Waals surface area contributed by atoms with Gasteiger partial charge in [-0.05, 0) is 73.9 Å². The number of Topliss-reactive ketones (excluding diaryl/α,β-unsaturated/α-hetero) is 1. The van der Waals surface area contributed by atoms with Crippen molar-refractivity contribution in [3.63, 3.8) is 0 Å². The van der Waals surface area contributed by atoms with Gasteiger partial charge in [-0.1, -0.05) is 43.9 Å². The molecule has 2 aliphatic rings. The Balaban J connectivity index is 1.68. The number of methoxy groups -OCH3 is 1. The van der Waals surface area contributed by atoms with E-state index in [2.05, 4.69) is 0 Å². The second-order valence-corrected chi connectivity index (χ2v) is 14.0. The summed E-state index contributed by atoms with van der Waals surface area (Å²) in [6.07, 6.45) is 6.12. The predicted octanol–water partition coefficient (Wildman–Crippen LogP) is 3.38. The van der Waals surface area contributed by atoms with E-state index < -0.39 is 37.6 Å². The summed E-state index contributed by atoms with van der Waals surface area (Å²) in [7, 11) is -7.60. The summed E-state index contributed by atoms with van der Waals surface area (Å²) in [6.45, 7) is -0.538. The molecule has 0 atom stereocenters. The highest BCUT2D eigenvalue weighted by Gasteiger charge is 2.43. The van der Waals surface area contributed by atoms with Crippen molar-refractivity contribution in [1.29, 1.82) is 0 Å². The summed E-state index contributed by atoms with van der Waals surface area (Å²) < 4.78 is 60.2. The summed E-state index contributed by atoms with van der Waals surface area (Å²) in [6, 6.07) is 12.5. The first-order chi connectivity index (χ1) is 19.1. The third kappa shape index (κ3) is 6.38. The molecular formula is C28H34N2O8S2. The van der Waals surface area contributed by atoms with Crippen LogP contribution in [0.1, 0.15) is 51.4 Å². The molecule has 0 bridgehead atoms. The number of amides is 2. The van der Waals surface area contributed by atoms with Gasteiger partial charge in [0.25, 0.3) is 20.0 Å². The van der Waals surface area contributed by atoms with E-state index in [1.165, 1.54) is 55.6 Å². The summed E-state index contributed by atoms with van der Waals surface area (Å²) >= 11 is 0. The van der Waals surface area contributed by atoms with Crippen molar-refractivity contribution in [3.05, 3.63) is 54.6 Å². The first-order valence-electron chi connectivity index (χ1n) is 13.4. The smallest absolute Gasteiger partial charge is 0.314 e. The van der Waals surface area contributed by atoms with E-state index in [1.54, 1.807) is 6.07 Å². The van der Waals surface area contributed by atoms with Gasteiger partial charge in [-0.3, -0.25) is 14.4 Å². The molecule has 0 saturated heterocycles. The topological polar surface area (TPSA) is 135 Å². The standard InChI is InChI=1S/C28H34N2O8S2/c1-38-23-15-17-25(18-16-23)40(36,37)30(20-22-11-7-8-12-22)28(33)26(31)27(32)29(19-21-9-5-6-10-21)39(34,35)24-13-3-2-4-14-24/h2-4,13-18,21-22H,5-12,19-20H2,1H3. The number of ether oxygens (including phenoxy) is 1. The van der Waals surface area contributed by atoms with Gasteiger partial charge in [0.1, 0.15) is 5.75 Å². The summed E-state index contributed by atoms with van der Waals surface area (Å²) in [4.78, 5) is 40.0. The van der Waals surface area contributed by atoms with E-state index in [0.29, 0.717) is 40.0 Å². The van der Waals surface area contributed by atoms with Gasteiger partial charge in [0.2, 0.25) is 0 Å². The van der Waals surface area contributed by atoms with E-state index >= 15 is 0 Å². The predicted molar refractivity (Wildman–Crippen MR) is 146 cm³/mol. The van der Waals surface area contributed by atoms with Gasteiger partial charge in [0, 0.05) is 13.1 Å². The average molecular weight is 591 g/mol. The summed E-state index contributed by atoms with van der Waals surface area (Å²) in [5, 5.41) is 0. The van der Waals surface area contributed by atoms with Gasteiger partial charge in [-0.25, -0.2) is 25.4 Å². The minimum absolute atomic E-state index is 0.164. The molecule has 0 N–H and O–H groups in total. The fourth-order valence-electron chi connectivity index (χ4n) is 5.35. The number of carbonyl (C=O) groups excluding carboxylic acids is 3. The highest BCUT2D eigenvalue weighted by molar-refractivity contribution is 7.90. The van der Waals surface area contributed by atoms with Crippen LogP contribution in [0.2, 0.25) is 0 Å². The van der Waals surface area contributed by atoms with Crippen molar-refractivity contribution < 1.29 is 36.0 Å². The molecule has 0 spiro atoms. The minimum Gasteiger partial charge on any atom is -0.497 e. The largest absolute Gasteiger partial charge is 0.497 e. The van der Waals surface area contributed by atoms with Crippen LogP contribution in [0.25, 0.3) is 0 Å². The van der Waals surface area contributed by atoms with E-state index in [0.717, 1.165) is 25.7 Å². The molecule has 0 radical (unpaired) electrons. The van der Waals surface area contributed by atoms with Gasteiger partial charge >= 0.3 is 17.6 Å². The molecule has 12 heteroatoms. The lowest BCUT2D eigenvalue weighted by atomic mass is 10.1. The van der Waals surface area contributed by atoms with Crippen LogP contribution in [0.5, 0.6) is 5.75 Å². The molecule has 2 fully saturated rings. The molecule has 2 amide bonds. The zero-order valence-electron chi connectivity index (χ0n) is 22.4. The van der Waals surface area contributed by atoms with Gasteiger partial charge in [-0.2, -0.15) is 0 Å². The van der Waals surface area contributed by atoms with E-state index in [-0.39, 0.29) is 34.7 Å². The Morgan fingerprint density at radius 1 is 0.675 bits per heavy atom.